The second-order valence-electron chi connectivity index (χ2n) is 14.1. The third kappa shape index (κ3) is 4.98. The Morgan fingerprint density at radius 3 is 2.08 bits per heavy atom. The first kappa shape index (κ1) is 24.5. The summed E-state index contributed by atoms with van der Waals surface area (Å²) < 4.78 is 69.7. The van der Waals surface area contributed by atoms with Crippen molar-refractivity contribution in [3.63, 3.8) is 0 Å². The fourth-order valence-electron chi connectivity index (χ4n) is 7.82. The van der Waals surface area contributed by atoms with Gasteiger partial charge in [0.15, 0.2) is 0 Å². The van der Waals surface area contributed by atoms with E-state index in [-0.39, 0.29) is 22.9 Å². The second-order valence-corrected chi connectivity index (χ2v) is 14.1. The number of hydrogen-bond acceptors (Lipinski definition) is 2. The third-order valence-electron chi connectivity index (χ3n) is 10.3. The Kier molecular flexibility index (Phi) is 5.75. The fourth-order valence-corrected chi connectivity index (χ4v) is 7.82. The van der Waals surface area contributed by atoms with E-state index >= 15 is 0 Å². The highest BCUT2D eigenvalue weighted by Crippen LogP contribution is 2.44. The molecule has 0 unspecified atom stereocenters. The molecule has 0 aliphatic rings. The number of hydrogen-bond donors (Lipinski definition) is 0. The minimum absolute atomic E-state index is 0.0242. The highest BCUT2D eigenvalue weighted by molar-refractivity contribution is 6.17. The smallest absolute Gasteiger partial charge is 0.149 e. The van der Waals surface area contributed by atoms with Crippen LogP contribution in [0.1, 0.15) is 85.4 Å². The molecular weight excluding hydrogens is 621 g/mol. The van der Waals surface area contributed by atoms with Gasteiger partial charge in [0.1, 0.15) is 17.0 Å². The summed E-state index contributed by atoms with van der Waals surface area (Å²) in [5.74, 6) is -2.58. The second kappa shape index (κ2) is 12.0. The quantitative estimate of drug-likeness (QED) is 0.165. The highest BCUT2D eigenvalue weighted by atomic mass is 16.3. The van der Waals surface area contributed by atoms with Crippen molar-refractivity contribution in [1.82, 2.24) is 9.55 Å². The van der Waals surface area contributed by atoms with Crippen molar-refractivity contribution in [3.05, 3.63) is 144 Å². The van der Waals surface area contributed by atoms with E-state index in [1.807, 2.05) is 53.1 Å². The Morgan fingerprint density at radius 2 is 1.31 bits per heavy atom. The van der Waals surface area contributed by atoms with Crippen LogP contribution >= 0.6 is 0 Å². The van der Waals surface area contributed by atoms with Crippen LogP contribution < -0.4 is 0 Å². The molecule has 7 aromatic carbocycles. The normalized spacial score (nSPS) is 15.0. The highest BCUT2D eigenvalue weighted by Gasteiger charge is 2.27. The topological polar surface area (TPSA) is 31.0 Å². The zero-order valence-corrected chi connectivity index (χ0v) is 29.1. The number of aromatic nitrogens is 2. The number of rotatable bonds is 6. The first-order chi connectivity index (χ1) is 27.6. The van der Waals surface area contributed by atoms with Crippen LogP contribution in [0.15, 0.2) is 132 Å². The van der Waals surface area contributed by atoms with Crippen LogP contribution in [0.5, 0.6) is 0 Å². The maximum absolute atomic E-state index is 9.49. The van der Waals surface area contributed by atoms with E-state index in [4.69, 9.17) is 17.6 Å². The van der Waals surface area contributed by atoms with Crippen LogP contribution in [0.2, 0.25) is 0 Å². The summed E-state index contributed by atoms with van der Waals surface area (Å²) in [6.45, 7) is 2.03. The molecule has 0 radical (unpaired) electrons. The van der Waals surface area contributed by atoms with E-state index in [1.54, 1.807) is 12.1 Å². The molecule has 0 amide bonds. The number of nitrogens with zero attached hydrogens (tertiary/aromatic N) is 2. The molecule has 0 aliphatic carbocycles. The van der Waals surface area contributed by atoms with Crippen molar-refractivity contribution in [2.75, 3.05) is 0 Å². The average Bonchev–Trinajstić information content (AvgIpc) is 3.77. The molecule has 2 heterocycles. The zero-order chi connectivity index (χ0) is 40.9. The van der Waals surface area contributed by atoms with Gasteiger partial charge >= 0.3 is 0 Å². The molecule has 2 aromatic heterocycles. The van der Waals surface area contributed by atoms with Crippen LogP contribution in [-0.4, -0.2) is 9.55 Å². The molecule has 0 fully saturated rings. The van der Waals surface area contributed by atoms with Gasteiger partial charge in [-0.2, -0.15) is 0 Å². The first-order valence-electron chi connectivity index (χ1n) is 21.1. The number of benzene rings is 7. The van der Waals surface area contributed by atoms with Crippen LogP contribution in [-0.2, 0) is 0 Å². The van der Waals surface area contributed by atoms with Gasteiger partial charge in [-0.3, -0.25) is 4.57 Å². The summed E-state index contributed by atoms with van der Waals surface area (Å²) in [6, 6.07) is 42.1. The van der Waals surface area contributed by atoms with Gasteiger partial charge in [-0.05, 0) is 103 Å². The largest absolute Gasteiger partial charge is 0.455 e. The molecule has 0 N–H and O–H groups in total. The van der Waals surface area contributed by atoms with Crippen LogP contribution in [0.25, 0.3) is 82.7 Å². The number of fused-ring (bicyclic) bond motifs is 7. The molecule has 0 aliphatic heterocycles. The molecule has 9 rings (SSSR count). The molecule has 3 heteroatoms. The van der Waals surface area contributed by atoms with Crippen molar-refractivity contribution in [2.45, 2.75) is 59.1 Å². The number of imidazole rings is 1. The van der Waals surface area contributed by atoms with Crippen LogP contribution in [0.4, 0.5) is 0 Å². The van der Waals surface area contributed by atoms with Gasteiger partial charge in [-0.15, -0.1) is 0 Å². The van der Waals surface area contributed by atoms with E-state index in [0.717, 1.165) is 60.3 Å². The van der Waals surface area contributed by atoms with Crippen molar-refractivity contribution in [1.29, 1.82) is 0 Å². The minimum Gasteiger partial charge on any atom is -0.455 e. The first-order valence-corrected chi connectivity index (χ1v) is 17.6. The summed E-state index contributed by atoms with van der Waals surface area (Å²) in [5.41, 5.74) is 7.24. The van der Waals surface area contributed by atoms with Crippen molar-refractivity contribution in [2.24, 2.45) is 0 Å². The Bertz CT molecular complexity index is 3020. The molecule has 9 aromatic rings. The lowest BCUT2D eigenvalue weighted by atomic mass is 9.88. The van der Waals surface area contributed by atoms with Gasteiger partial charge in [0.2, 0.25) is 0 Å². The lowest BCUT2D eigenvalue weighted by Crippen LogP contribution is -2.10. The average molecular weight is 670 g/mol. The van der Waals surface area contributed by atoms with Gasteiger partial charge in [0, 0.05) is 20.4 Å². The molecule has 0 saturated heterocycles. The summed E-state index contributed by atoms with van der Waals surface area (Å²) in [4.78, 5) is 5.25. The maximum Gasteiger partial charge on any atom is 0.149 e. The third-order valence-corrected chi connectivity index (χ3v) is 10.3. The molecule has 250 valence electrons. The maximum atomic E-state index is 9.49. The minimum atomic E-state index is -3.22. The summed E-state index contributed by atoms with van der Waals surface area (Å²) in [5, 5.41) is 6.24. The summed E-state index contributed by atoms with van der Waals surface area (Å²) in [6.07, 6.45) is 0. The lowest BCUT2D eigenvalue weighted by molar-refractivity contribution is 0.670. The van der Waals surface area contributed by atoms with Gasteiger partial charge in [0.25, 0.3) is 0 Å². The Morgan fingerprint density at radius 1 is 0.608 bits per heavy atom. The van der Waals surface area contributed by atoms with E-state index < -0.39 is 19.6 Å². The van der Waals surface area contributed by atoms with Crippen molar-refractivity contribution < 1.29 is 14.0 Å². The van der Waals surface area contributed by atoms with Gasteiger partial charge in [-0.25, -0.2) is 4.98 Å². The molecule has 0 bridgehead atoms. The van der Waals surface area contributed by atoms with Gasteiger partial charge in [0.05, 0.1) is 22.3 Å². The molecule has 51 heavy (non-hydrogen) atoms. The Hall–Kier alpha value is -5.67. The molecular formula is C48H42N2O. The van der Waals surface area contributed by atoms with Crippen molar-refractivity contribution >= 4 is 54.5 Å². The SMILES string of the molecule is [2H]C([2H])([2H])C([2H])(c1cccc2nc(-c3cccc4c3oc3cc5c(ccc6ccccc65)cc34)n(-c3c(C(C)C)cc(-c4ccccc4)cc3C(C)C)c12)C([2H])([2H])[2H]. The Balaban J connectivity index is 1.44. The van der Waals surface area contributed by atoms with E-state index in [0.29, 0.717) is 28.1 Å². The zero-order valence-electron chi connectivity index (χ0n) is 36.1. The standard InChI is InChI=1S/C48H42N2O/c1-28(2)35-18-13-21-43-46(35)50(45-39(29(3)4)25-34(26-40(45)30(5)6)31-14-8-7-9-15-31)48(49-43)38-20-12-19-37-42-24-33-23-22-32-16-10-11-17-36(32)41(33)27-44(42)51-47(37)38/h7-30H,1-6H3/i1D3,2D3,28D. The fraction of sp³-hybridized carbons (Fsp3) is 0.188. The van der Waals surface area contributed by atoms with Crippen molar-refractivity contribution in [3.8, 4) is 28.2 Å². The van der Waals surface area contributed by atoms with E-state index in [1.165, 1.54) is 6.07 Å². The van der Waals surface area contributed by atoms with E-state index in [2.05, 4.69) is 88.4 Å². The van der Waals surface area contributed by atoms with Gasteiger partial charge in [-0.1, -0.05) is 132 Å². The van der Waals surface area contributed by atoms with Gasteiger partial charge < -0.3 is 4.42 Å². The molecule has 0 atom stereocenters. The summed E-state index contributed by atoms with van der Waals surface area (Å²) in [7, 11) is 0. The number of para-hydroxylation sites is 2. The molecule has 0 saturated carbocycles. The van der Waals surface area contributed by atoms with Crippen LogP contribution in [0.3, 0.4) is 0 Å². The molecule has 3 nitrogen and oxygen atoms in total. The predicted molar refractivity (Wildman–Crippen MR) is 216 cm³/mol. The summed E-state index contributed by atoms with van der Waals surface area (Å²) >= 11 is 0. The Labute approximate surface area is 309 Å². The molecule has 0 spiro atoms. The lowest BCUT2D eigenvalue weighted by Gasteiger charge is -2.25. The van der Waals surface area contributed by atoms with Crippen LogP contribution in [0, 0.1) is 0 Å². The monoisotopic (exact) mass is 669 g/mol. The predicted octanol–water partition coefficient (Wildman–Crippen LogP) is 13.9. The van der Waals surface area contributed by atoms with E-state index in [9.17, 15) is 1.37 Å². The number of furan rings is 1.